The number of phenols is 1. The molecular formula is C15H13NO2. The minimum atomic E-state index is -0.193. The molecule has 0 bridgehead atoms. The van der Waals surface area contributed by atoms with E-state index in [1.807, 2.05) is 42.5 Å². The van der Waals surface area contributed by atoms with Gasteiger partial charge in [-0.05, 0) is 11.6 Å². The Morgan fingerprint density at radius 1 is 1.00 bits per heavy atom. The predicted octanol–water partition coefficient (Wildman–Crippen LogP) is 3.26. The Kier molecular flexibility index (Phi) is 2.73. The number of phenolic OH excluding ortho intramolecular Hbond substituents is 1. The number of rotatable bonds is 2. The molecule has 0 saturated carbocycles. The number of nitrogens with zero attached hydrogens (tertiary/aromatic N) is 1. The van der Waals surface area contributed by atoms with Crippen LogP contribution in [0.2, 0.25) is 0 Å². The molecule has 0 radical (unpaired) electrons. The van der Waals surface area contributed by atoms with Crippen molar-refractivity contribution in [2.75, 3.05) is 0 Å². The van der Waals surface area contributed by atoms with Crippen molar-refractivity contribution in [1.82, 2.24) is 0 Å². The lowest BCUT2D eigenvalue weighted by Crippen LogP contribution is -2.01. The summed E-state index contributed by atoms with van der Waals surface area (Å²) in [6.45, 7) is 0. The third-order valence-corrected chi connectivity index (χ3v) is 3.06. The van der Waals surface area contributed by atoms with E-state index in [-0.39, 0.29) is 11.9 Å². The van der Waals surface area contributed by atoms with Crippen molar-refractivity contribution in [2.45, 2.75) is 12.5 Å². The second kappa shape index (κ2) is 4.53. The van der Waals surface area contributed by atoms with Gasteiger partial charge in [-0.25, -0.2) is 0 Å². The second-order valence-corrected chi connectivity index (χ2v) is 4.26. The highest BCUT2D eigenvalue weighted by Crippen LogP contribution is 2.34. The van der Waals surface area contributed by atoms with Gasteiger partial charge < -0.3 is 9.94 Å². The Bertz CT molecular complexity index is 578. The van der Waals surface area contributed by atoms with E-state index in [1.165, 1.54) is 0 Å². The zero-order valence-electron chi connectivity index (χ0n) is 9.78. The highest BCUT2D eigenvalue weighted by atomic mass is 16.6. The standard InChI is InChI=1S/C15H13NO2/c17-14-9-5-4-8-12(14)15-10-13(16-18-15)11-6-2-1-3-7-11/h1-9,15,17H,10H2. The van der Waals surface area contributed by atoms with Gasteiger partial charge in [0.2, 0.25) is 0 Å². The molecule has 0 amide bonds. The van der Waals surface area contributed by atoms with Crippen LogP contribution in [0, 0.1) is 0 Å². The van der Waals surface area contributed by atoms with Crippen LogP contribution in [0.25, 0.3) is 0 Å². The largest absolute Gasteiger partial charge is 0.508 e. The number of hydrogen-bond donors (Lipinski definition) is 1. The van der Waals surface area contributed by atoms with Gasteiger partial charge in [0.15, 0.2) is 6.10 Å². The molecule has 0 aromatic heterocycles. The molecule has 3 heteroatoms. The van der Waals surface area contributed by atoms with Gasteiger partial charge in [-0.15, -0.1) is 0 Å². The lowest BCUT2D eigenvalue weighted by atomic mass is 10.00. The highest BCUT2D eigenvalue weighted by Gasteiger charge is 2.25. The summed E-state index contributed by atoms with van der Waals surface area (Å²) in [5.74, 6) is 0.256. The Morgan fingerprint density at radius 2 is 1.72 bits per heavy atom. The van der Waals surface area contributed by atoms with Crippen LogP contribution in [-0.2, 0) is 4.84 Å². The minimum Gasteiger partial charge on any atom is -0.508 e. The molecule has 3 rings (SSSR count). The van der Waals surface area contributed by atoms with Crippen LogP contribution >= 0.6 is 0 Å². The summed E-state index contributed by atoms with van der Waals surface area (Å²) >= 11 is 0. The number of benzene rings is 2. The van der Waals surface area contributed by atoms with E-state index >= 15 is 0 Å². The molecule has 0 saturated heterocycles. The molecule has 0 aliphatic carbocycles. The molecular weight excluding hydrogens is 226 g/mol. The summed E-state index contributed by atoms with van der Waals surface area (Å²) in [5, 5.41) is 13.9. The monoisotopic (exact) mass is 239 g/mol. The minimum absolute atomic E-state index is 0.193. The van der Waals surface area contributed by atoms with Crippen LogP contribution in [0.5, 0.6) is 5.75 Å². The van der Waals surface area contributed by atoms with Crippen LogP contribution in [0.1, 0.15) is 23.7 Å². The third kappa shape index (κ3) is 1.95. The quantitative estimate of drug-likeness (QED) is 0.874. The number of aromatic hydroxyl groups is 1. The van der Waals surface area contributed by atoms with E-state index in [1.54, 1.807) is 12.1 Å². The summed E-state index contributed by atoms with van der Waals surface area (Å²) < 4.78 is 0. The molecule has 1 atom stereocenters. The maximum Gasteiger partial charge on any atom is 0.161 e. The van der Waals surface area contributed by atoms with Crippen LogP contribution in [-0.4, -0.2) is 10.8 Å². The third-order valence-electron chi connectivity index (χ3n) is 3.06. The first-order valence-electron chi connectivity index (χ1n) is 5.90. The van der Waals surface area contributed by atoms with Gasteiger partial charge >= 0.3 is 0 Å². The van der Waals surface area contributed by atoms with Crippen molar-refractivity contribution in [3.05, 3.63) is 65.7 Å². The predicted molar refractivity (Wildman–Crippen MR) is 69.5 cm³/mol. The summed E-state index contributed by atoms with van der Waals surface area (Å²) in [5.41, 5.74) is 2.77. The van der Waals surface area contributed by atoms with E-state index in [0.29, 0.717) is 6.42 Å². The molecule has 0 spiro atoms. The average molecular weight is 239 g/mol. The van der Waals surface area contributed by atoms with E-state index in [2.05, 4.69) is 5.16 Å². The molecule has 1 aliphatic heterocycles. The molecule has 1 N–H and O–H groups in total. The zero-order chi connectivity index (χ0) is 12.4. The van der Waals surface area contributed by atoms with Crippen LogP contribution in [0.3, 0.4) is 0 Å². The number of oxime groups is 1. The molecule has 2 aromatic carbocycles. The molecule has 0 fully saturated rings. The van der Waals surface area contributed by atoms with Crippen molar-refractivity contribution >= 4 is 5.71 Å². The fourth-order valence-corrected chi connectivity index (χ4v) is 2.11. The van der Waals surface area contributed by atoms with Crippen LogP contribution in [0.15, 0.2) is 59.8 Å². The van der Waals surface area contributed by atoms with Gasteiger partial charge in [-0.1, -0.05) is 53.7 Å². The highest BCUT2D eigenvalue weighted by molar-refractivity contribution is 6.01. The zero-order valence-corrected chi connectivity index (χ0v) is 9.78. The van der Waals surface area contributed by atoms with E-state index in [0.717, 1.165) is 16.8 Å². The Labute approximate surface area is 105 Å². The maximum atomic E-state index is 9.80. The normalized spacial score (nSPS) is 18.2. The molecule has 3 nitrogen and oxygen atoms in total. The first kappa shape index (κ1) is 10.8. The first-order chi connectivity index (χ1) is 8.84. The van der Waals surface area contributed by atoms with Crippen LogP contribution in [0.4, 0.5) is 0 Å². The molecule has 2 aromatic rings. The van der Waals surface area contributed by atoms with Gasteiger partial charge in [-0.2, -0.15) is 0 Å². The second-order valence-electron chi connectivity index (χ2n) is 4.26. The fraction of sp³-hybridized carbons (Fsp3) is 0.133. The van der Waals surface area contributed by atoms with Gasteiger partial charge in [-0.3, -0.25) is 0 Å². The van der Waals surface area contributed by atoms with Gasteiger partial charge in [0.1, 0.15) is 5.75 Å². The lowest BCUT2D eigenvalue weighted by molar-refractivity contribution is 0.0838. The lowest BCUT2D eigenvalue weighted by Gasteiger charge is -2.09. The Hall–Kier alpha value is -2.29. The summed E-state index contributed by atoms with van der Waals surface area (Å²) in [6.07, 6.45) is 0.489. The van der Waals surface area contributed by atoms with E-state index in [9.17, 15) is 5.11 Å². The number of para-hydroxylation sites is 1. The molecule has 90 valence electrons. The van der Waals surface area contributed by atoms with Crippen molar-refractivity contribution in [3.8, 4) is 5.75 Å². The van der Waals surface area contributed by atoms with Crippen molar-refractivity contribution < 1.29 is 9.94 Å². The summed E-state index contributed by atoms with van der Waals surface area (Å²) in [4.78, 5) is 5.41. The van der Waals surface area contributed by atoms with Crippen molar-refractivity contribution in [1.29, 1.82) is 0 Å². The topological polar surface area (TPSA) is 41.8 Å². The Morgan fingerprint density at radius 3 is 2.50 bits per heavy atom. The summed E-state index contributed by atoms with van der Waals surface area (Å²) in [7, 11) is 0. The van der Waals surface area contributed by atoms with E-state index < -0.39 is 0 Å². The fourth-order valence-electron chi connectivity index (χ4n) is 2.11. The van der Waals surface area contributed by atoms with Gasteiger partial charge in [0, 0.05) is 12.0 Å². The van der Waals surface area contributed by atoms with Gasteiger partial charge in [0.25, 0.3) is 0 Å². The van der Waals surface area contributed by atoms with Crippen molar-refractivity contribution in [3.63, 3.8) is 0 Å². The maximum absolute atomic E-state index is 9.80. The van der Waals surface area contributed by atoms with E-state index in [4.69, 9.17) is 4.84 Å². The number of hydrogen-bond acceptors (Lipinski definition) is 3. The van der Waals surface area contributed by atoms with Gasteiger partial charge in [0.05, 0.1) is 5.71 Å². The molecule has 18 heavy (non-hydrogen) atoms. The van der Waals surface area contributed by atoms with Crippen molar-refractivity contribution in [2.24, 2.45) is 5.16 Å². The Balaban J connectivity index is 1.81. The average Bonchev–Trinajstić information content (AvgIpc) is 2.90. The SMILES string of the molecule is Oc1ccccc1C1CC(c2ccccc2)=NO1. The smallest absolute Gasteiger partial charge is 0.161 e. The molecule has 1 heterocycles. The van der Waals surface area contributed by atoms with Crippen LogP contribution < -0.4 is 0 Å². The molecule has 1 unspecified atom stereocenters. The first-order valence-corrected chi connectivity index (χ1v) is 5.90. The molecule has 1 aliphatic rings. The summed E-state index contributed by atoms with van der Waals surface area (Å²) in [6, 6.07) is 17.2.